The molecule has 16 heavy (non-hydrogen) atoms. The molecule has 0 aromatic carbocycles. The van der Waals surface area contributed by atoms with Crippen LogP contribution in [-0.4, -0.2) is 16.3 Å². The van der Waals surface area contributed by atoms with Gasteiger partial charge in [0.1, 0.15) is 0 Å². The molecule has 1 heterocycles. The first-order chi connectivity index (χ1) is 7.77. The van der Waals surface area contributed by atoms with Crippen molar-refractivity contribution in [2.45, 2.75) is 45.7 Å². The van der Waals surface area contributed by atoms with E-state index in [1.165, 1.54) is 18.5 Å². The minimum Gasteiger partial charge on any atom is -0.309 e. The summed E-state index contributed by atoms with van der Waals surface area (Å²) in [6.07, 6.45) is 5.76. The highest BCUT2D eigenvalue weighted by Crippen LogP contribution is 2.42. The number of nitrogens with zero attached hydrogens (tertiary/aromatic N) is 2. The Bertz CT molecular complexity index is 344. The van der Waals surface area contributed by atoms with E-state index in [4.69, 9.17) is 0 Å². The van der Waals surface area contributed by atoms with Gasteiger partial charge in [-0.2, -0.15) is 5.10 Å². The predicted molar refractivity (Wildman–Crippen MR) is 69.4 cm³/mol. The van der Waals surface area contributed by atoms with E-state index in [1.807, 2.05) is 6.20 Å². The maximum atomic E-state index is 4.45. The van der Waals surface area contributed by atoms with Gasteiger partial charge < -0.3 is 5.32 Å². The third kappa shape index (κ3) is 2.48. The highest BCUT2D eigenvalue weighted by atomic mass is 79.9. The molecule has 0 bridgehead atoms. The molecule has 0 amide bonds. The summed E-state index contributed by atoms with van der Waals surface area (Å²) >= 11 is 3.63. The Morgan fingerprint density at radius 1 is 1.56 bits per heavy atom. The Kier molecular flexibility index (Phi) is 4.03. The molecule has 1 aromatic rings. The van der Waals surface area contributed by atoms with Crippen LogP contribution < -0.4 is 5.32 Å². The van der Waals surface area contributed by atoms with Crippen LogP contribution in [0.2, 0.25) is 0 Å². The molecule has 0 radical (unpaired) electrons. The van der Waals surface area contributed by atoms with Crippen molar-refractivity contribution < 1.29 is 0 Å². The average Bonchev–Trinajstić information content (AvgIpc) is 3.03. The second-order valence-electron chi connectivity index (χ2n) is 4.47. The van der Waals surface area contributed by atoms with Gasteiger partial charge >= 0.3 is 0 Å². The molecule has 2 rings (SSSR count). The topological polar surface area (TPSA) is 29.9 Å². The molecule has 1 atom stereocenters. The van der Waals surface area contributed by atoms with Crippen molar-refractivity contribution >= 4 is 15.9 Å². The Balaban J connectivity index is 2.23. The van der Waals surface area contributed by atoms with E-state index in [2.05, 4.69) is 44.9 Å². The minimum absolute atomic E-state index is 0.480. The molecular weight excluding hydrogens is 266 g/mol. The van der Waals surface area contributed by atoms with Crippen molar-refractivity contribution in [3.05, 3.63) is 16.4 Å². The number of rotatable bonds is 6. The van der Waals surface area contributed by atoms with E-state index in [0.717, 1.165) is 29.9 Å². The fourth-order valence-corrected chi connectivity index (χ4v) is 2.75. The summed E-state index contributed by atoms with van der Waals surface area (Å²) in [7, 11) is 0. The molecule has 0 spiro atoms. The lowest BCUT2D eigenvalue weighted by molar-refractivity contribution is 0.441. The zero-order valence-corrected chi connectivity index (χ0v) is 11.6. The van der Waals surface area contributed by atoms with Gasteiger partial charge in [0.05, 0.1) is 22.4 Å². The SMILES string of the molecule is CCCn1ncc(Br)c1C(NCC)C1CC1. The van der Waals surface area contributed by atoms with Crippen molar-refractivity contribution in [1.29, 1.82) is 0 Å². The van der Waals surface area contributed by atoms with E-state index in [1.54, 1.807) is 0 Å². The molecular formula is C12H20BrN3. The van der Waals surface area contributed by atoms with Gasteiger partial charge in [-0.1, -0.05) is 13.8 Å². The molecule has 1 unspecified atom stereocenters. The Morgan fingerprint density at radius 2 is 2.31 bits per heavy atom. The molecule has 1 aliphatic rings. The van der Waals surface area contributed by atoms with Crippen molar-refractivity contribution in [2.24, 2.45) is 5.92 Å². The molecule has 0 aliphatic heterocycles. The Hall–Kier alpha value is -0.350. The molecule has 0 saturated heterocycles. The van der Waals surface area contributed by atoms with Crippen LogP contribution in [0.15, 0.2) is 10.7 Å². The standard InChI is InChI=1S/C12H20BrN3/c1-3-7-16-12(10(13)8-15-16)11(14-4-2)9-5-6-9/h8-9,11,14H,3-7H2,1-2H3. The molecule has 1 N–H and O–H groups in total. The van der Waals surface area contributed by atoms with Crippen molar-refractivity contribution in [1.82, 2.24) is 15.1 Å². The number of halogens is 1. The Morgan fingerprint density at radius 3 is 2.88 bits per heavy atom. The zero-order valence-electron chi connectivity index (χ0n) is 10.0. The van der Waals surface area contributed by atoms with Crippen LogP contribution in [0.5, 0.6) is 0 Å². The summed E-state index contributed by atoms with van der Waals surface area (Å²) in [5.74, 6) is 0.809. The average molecular weight is 286 g/mol. The fraction of sp³-hybridized carbons (Fsp3) is 0.750. The maximum Gasteiger partial charge on any atom is 0.0698 e. The molecule has 90 valence electrons. The van der Waals surface area contributed by atoms with Crippen LogP contribution in [0, 0.1) is 5.92 Å². The van der Waals surface area contributed by atoms with Gasteiger partial charge in [-0.05, 0) is 47.7 Å². The van der Waals surface area contributed by atoms with Crippen LogP contribution in [-0.2, 0) is 6.54 Å². The lowest BCUT2D eigenvalue weighted by Gasteiger charge is -2.19. The van der Waals surface area contributed by atoms with Gasteiger partial charge in [0.25, 0.3) is 0 Å². The largest absolute Gasteiger partial charge is 0.309 e. The molecule has 1 aliphatic carbocycles. The predicted octanol–water partition coefficient (Wildman–Crippen LogP) is 3.12. The molecule has 1 saturated carbocycles. The van der Waals surface area contributed by atoms with E-state index >= 15 is 0 Å². The third-order valence-corrected chi connectivity index (χ3v) is 3.69. The fourth-order valence-electron chi connectivity index (χ4n) is 2.21. The zero-order chi connectivity index (χ0) is 11.5. The monoisotopic (exact) mass is 285 g/mol. The first-order valence-corrected chi connectivity index (χ1v) is 7.01. The van der Waals surface area contributed by atoms with Crippen molar-refractivity contribution in [3.63, 3.8) is 0 Å². The molecule has 4 heteroatoms. The van der Waals surface area contributed by atoms with Gasteiger partial charge in [-0.25, -0.2) is 0 Å². The van der Waals surface area contributed by atoms with E-state index in [-0.39, 0.29) is 0 Å². The third-order valence-electron chi connectivity index (χ3n) is 3.08. The van der Waals surface area contributed by atoms with E-state index in [0.29, 0.717) is 6.04 Å². The van der Waals surface area contributed by atoms with Gasteiger partial charge in [0.15, 0.2) is 0 Å². The van der Waals surface area contributed by atoms with Crippen LogP contribution in [0.1, 0.15) is 44.8 Å². The summed E-state index contributed by atoms with van der Waals surface area (Å²) in [5.41, 5.74) is 1.34. The van der Waals surface area contributed by atoms with Crippen LogP contribution >= 0.6 is 15.9 Å². The van der Waals surface area contributed by atoms with Crippen LogP contribution in [0.4, 0.5) is 0 Å². The molecule has 3 nitrogen and oxygen atoms in total. The first kappa shape index (κ1) is 12.1. The van der Waals surface area contributed by atoms with Gasteiger partial charge in [0, 0.05) is 6.54 Å². The molecule has 1 fully saturated rings. The summed E-state index contributed by atoms with van der Waals surface area (Å²) in [5, 5.41) is 8.04. The minimum atomic E-state index is 0.480. The highest BCUT2D eigenvalue weighted by molar-refractivity contribution is 9.10. The highest BCUT2D eigenvalue weighted by Gasteiger charge is 2.34. The van der Waals surface area contributed by atoms with Gasteiger partial charge in [-0.15, -0.1) is 0 Å². The number of aryl methyl sites for hydroxylation is 1. The summed E-state index contributed by atoms with van der Waals surface area (Å²) in [6.45, 7) is 6.39. The first-order valence-electron chi connectivity index (χ1n) is 6.22. The maximum absolute atomic E-state index is 4.45. The summed E-state index contributed by atoms with van der Waals surface area (Å²) in [6, 6.07) is 0.480. The van der Waals surface area contributed by atoms with Gasteiger partial charge in [-0.3, -0.25) is 4.68 Å². The smallest absolute Gasteiger partial charge is 0.0698 e. The van der Waals surface area contributed by atoms with Crippen LogP contribution in [0.25, 0.3) is 0 Å². The lowest BCUT2D eigenvalue weighted by atomic mass is 10.1. The summed E-state index contributed by atoms with van der Waals surface area (Å²) in [4.78, 5) is 0. The van der Waals surface area contributed by atoms with E-state index < -0.39 is 0 Å². The normalized spacial score (nSPS) is 17.7. The summed E-state index contributed by atoms with van der Waals surface area (Å²) < 4.78 is 3.30. The number of nitrogens with one attached hydrogen (secondary N) is 1. The second kappa shape index (κ2) is 5.32. The number of aromatic nitrogens is 2. The lowest BCUT2D eigenvalue weighted by Crippen LogP contribution is -2.26. The molecule has 1 aromatic heterocycles. The number of hydrogen-bond donors (Lipinski definition) is 1. The van der Waals surface area contributed by atoms with E-state index in [9.17, 15) is 0 Å². The quantitative estimate of drug-likeness (QED) is 0.870. The number of hydrogen-bond acceptors (Lipinski definition) is 2. The van der Waals surface area contributed by atoms with Crippen molar-refractivity contribution in [3.8, 4) is 0 Å². The van der Waals surface area contributed by atoms with Crippen LogP contribution in [0.3, 0.4) is 0 Å². The Labute approximate surface area is 106 Å². The van der Waals surface area contributed by atoms with Crippen molar-refractivity contribution in [2.75, 3.05) is 6.54 Å². The second-order valence-corrected chi connectivity index (χ2v) is 5.33. The van der Waals surface area contributed by atoms with Gasteiger partial charge in [0.2, 0.25) is 0 Å².